The second kappa shape index (κ2) is 19.5. The number of rotatable bonds is 12. The Hall–Kier alpha value is -2.86. The topological polar surface area (TPSA) is 138 Å². The highest BCUT2D eigenvalue weighted by atomic mass is 32.2. The van der Waals surface area contributed by atoms with Gasteiger partial charge in [0.2, 0.25) is 0 Å². The fraction of sp³-hybridized carbons (Fsp3) is 0.721. The van der Waals surface area contributed by atoms with E-state index in [2.05, 4.69) is 52.8 Å². The Labute approximate surface area is 329 Å². The Morgan fingerprint density at radius 2 is 1.25 bits per heavy atom. The van der Waals surface area contributed by atoms with Gasteiger partial charge in [0.25, 0.3) is 10.1 Å². The maximum Gasteiger partial charge on any atom is 0.405 e. The smallest absolute Gasteiger partial charge is 0.405 e. The summed E-state index contributed by atoms with van der Waals surface area (Å²) in [5.74, 6) is -1.91. The number of hydrogen-bond donors (Lipinski definition) is 3. The molecule has 3 atom stereocenters. The summed E-state index contributed by atoms with van der Waals surface area (Å²) in [6.07, 6.45) is -3.31. The molecule has 2 rings (SSSR count). The number of benzene rings is 2. The van der Waals surface area contributed by atoms with E-state index in [-0.39, 0.29) is 12.0 Å². The standard InChI is InChI=1S/C19H26O.C13H26O5S.C11H19F3O2/c1-13(2)18(12-19(3,4)5)16-7-6-15-11-17(20)9-8-14(15)10-16;1-10(2)9-13(6,12(3,4)5)11(14)18-7-8-19(15,16)17;1-7(2)10(8(15)16,11(12,13)14)6-9(3,4)5/h6-11,13,18,20H,12H2,1-5H3;10H,7-9H2,1-6H3,(H,15,16,17);7H,6H2,1-5H3,(H,15,16). The van der Waals surface area contributed by atoms with Gasteiger partial charge in [-0.25, -0.2) is 0 Å². The summed E-state index contributed by atoms with van der Waals surface area (Å²) in [4.78, 5) is 23.3. The zero-order valence-electron chi connectivity index (χ0n) is 36.2. The van der Waals surface area contributed by atoms with Crippen LogP contribution in [0.4, 0.5) is 13.2 Å². The second-order valence-corrected chi connectivity index (χ2v) is 21.2. The van der Waals surface area contributed by atoms with Gasteiger partial charge in [-0.15, -0.1) is 0 Å². The number of carboxylic acids is 1. The Kier molecular flexibility index (Phi) is 18.5. The molecule has 55 heavy (non-hydrogen) atoms. The molecule has 0 fully saturated rings. The summed E-state index contributed by atoms with van der Waals surface area (Å²) < 4.78 is 73.9. The fourth-order valence-electron chi connectivity index (χ4n) is 6.70. The SMILES string of the molecule is CC(C)C(CC(C)(C)C)(C(=O)O)C(F)(F)F.CC(C)C(CC(C)(C)C)c1ccc2cc(O)ccc2c1.CC(C)CC(C)(C(=O)OCCS(=O)(=O)O)C(C)(C)C. The van der Waals surface area contributed by atoms with Gasteiger partial charge in [-0.3, -0.25) is 14.1 Å². The molecule has 0 heterocycles. The molecule has 3 N–H and O–H groups in total. The van der Waals surface area contributed by atoms with E-state index in [4.69, 9.17) is 14.4 Å². The lowest BCUT2D eigenvalue weighted by atomic mass is 9.64. The van der Waals surface area contributed by atoms with Crippen LogP contribution in [0.2, 0.25) is 0 Å². The van der Waals surface area contributed by atoms with Crippen LogP contribution in [-0.2, 0) is 24.4 Å². The number of carboxylic acid groups (broad SMARTS) is 1. The molecule has 0 aliphatic rings. The molecule has 0 bridgehead atoms. The first-order chi connectivity index (χ1) is 24.4. The summed E-state index contributed by atoms with van der Waals surface area (Å²) in [6.45, 7) is 30.4. The van der Waals surface area contributed by atoms with E-state index in [9.17, 15) is 36.3 Å². The Morgan fingerprint density at radius 3 is 1.60 bits per heavy atom. The average molecular weight is 805 g/mol. The molecule has 12 heteroatoms. The highest BCUT2D eigenvalue weighted by Crippen LogP contribution is 2.51. The summed E-state index contributed by atoms with van der Waals surface area (Å²) in [7, 11) is -4.10. The maximum absolute atomic E-state index is 13.0. The third-order valence-electron chi connectivity index (χ3n) is 10.1. The fourth-order valence-corrected chi connectivity index (χ4v) is 7.00. The molecule has 318 valence electrons. The number of fused-ring (bicyclic) bond motifs is 1. The van der Waals surface area contributed by atoms with E-state index in [0.717, 1.165) is 5.39 Å². The first kappa shape index (κ1) is 52.1. The molecule has 2 aromatic rings. The molecule has 0 saturated carbocycles. The van der Waals surface area contributed by atoms with Crippen molar-refractivity contribution in [3.05, 3.63) is 42.0 Å². The molecule has 0 spiro atoms. The van der Waals surface area contributed by atoms with E-state index in [1.807, 2.05) is 53.7 Å². The van der Waals surface area contributed by atoms with Gasteiger partial charge >= 0.3 is 18.1 Å². The number of alkyl halides is 3. The number of aliphatic carboxylic acids is 1. The van der Waals surface area contributed by atoms with E-state index < -0.39 is 62.6 Å². The molecule has 2 aromatic carbocycles. The van der Waals surface area contributed by atoms with Crippen LogP contribution in [0.15, 0.2) is 36.4 Å². The number of aromatic hydroxyl groups is 1. The monoisotopic (exact) mass is 804 g/mol. The van der Waals surface area contributed by atoms with Crippen molar-refractivity contribution in [1.82, 2.24) is 0 Å². The van der Waals surface area contributed by atoms with Crippen LogP contribution in [0.5, 0.6) is 5.75 Å². The van der Waals surface area contributed by atoms with Crippen molar-refractivity contribution < 1.29 is 50.7 Å². The zero-order valence-corrected chi connectivity index (χ0v) is 37.1. The molecule has 3 unspecified atom stereocenters. The number of phenolic OH excluding ortho intramolecular Hbond substituents is 1. The number of esters is 1. The first-order valence-corrected chi connectivity index (χ1v) is 20.7. The van der Waals surface area contributed by atoms with Gasteiger partial charge in [0, 0.05) is 0 Å². The van der Waals surface area contributed by atoms with Crippen molar-refractivity contribution in [2.75, 3.05) is 12.4 Å². The number of hydrogen-bond acceptors (Lipinski definition) is 6. The third-order valence-corrected chi connectivity index (χ3v) is 10.8. The van der Waals surface area contributed by atoms with Crippen molar-refractivity contribution in [3.8, 4) is 5.75 Å². The summed E-state index contributed by atoms with van der Waals surface area (Å²) >= 11 is 0. The zero-order chi connectivity index (χ0) is 43.8. The van der Waals surface area contributed by atoms with Crippen LogP contribution in [0, 0.1) is 44.8 Å². The minimum atomic E-state index is -4.74. The van der Waals surface area contributed by atoms with Gasteiger partial charge in [0.15, 0.2) is 5.41 Å². The van der Waals surface area contributed by atoms with E-state index >= 15 is 0 Å². The summed E-state index contributed by atoms with van der Waals surface area (Å²) in [6, 6.07) is 12.2. The van der Waals surface area contributed by atoms with E-state index in [1.54, 1.807) is 26.8 Å². The van der Waals surface area contributed by atoms with Gasteiger partial charge in [-0.2, -0.15) is 21.6 Å². The lowest BCUT2D eigenvalue weighted by Crippen LogP contribution is -2.51. The maximum atomic E-state index is 13.0. The number of halogens is 3. The van der Waals surface area contributed by atoms with Gasteiger partial charge in [0.05, 0.1) is 5.41 Å². The normalized spacial score (nSPS) is 15.7. The van der Waals surface area contributed by atoms with Crippen LogP contribution >= 0.6 is 0 Å². The van der Waals surface area contributed by atoms with Crippen molar-refractivity contribution in [3.63, 3.8) is 0 Å². The molecule has 0 saturated heterocycles. The summed E-state index contributed by atoms with van der Waals surface area (Å²) in [5.41, 5.74) is -2.61. The Bertz CT molecular complexity index is 1640. The van der Waals surface area contributed by atoms with Gasteiger partial charge < -0.3 is 14.9 Å². The van der Waals surface area contributed by atoms with Crippen LogP contribution in [-0.4, -0.2) is 53.7 Å². The van der Waals surface area contributed by atoms with Crippen molar-refractivity contribution in [2.45, 2.75) is 142 Å². The molecular formula is C43H71F3O8S. The molecule has 0 aromatic heterocycles. The Balaban J connectivity index is 0.000000802. The highest BCUT2D eigenvalue weighted by Gasteiger charge is 2.63. The van der Waals surface area contributed by atoms with Crippen molar-refractivity contribution in [1.29, 1.82) is 0 Å². The van der Waals surface area contributed by atoms with Gasteiger partial charge in [-0.05, 0) is 94.6 Å². The minimum Gasteiger partial charge on any atom is -0.508 e. The summed E-state index contributed by atoms with van der Waals surface area (Å²) in [5, 5.41) is 20.8. The van der Waals surface area contributed by atoms with Gasteiger partial charge in [-0.1, -0.05) is 128 Å². The molecule has 8 nitrogen and oxygen atoms in total. The predicted octanol–water partition coefficient (Wildman–Crippen LogP) is 11.9. The molecule has 0 amide bonds. The lowest BCUT2D eigenvalue weighted by Gasteiger charge is -2.40. The molecule has 0 radical (unpaired) electrons. The van der Waals surface area contributed by atoms with Crippen LogP contribution in [0.25, 0.3) is 10.8 Å². The van der Waals surface area contributed by atoms with Crippen molar-refractivity contribution >= 4 is 32.8 Å². The van der Waals surface area contributed by atoms with Crippen LogP contribution in [0.1, 0.15) is 142 Å². The average Bonchev–Trinajstić information content (AvgIpc) is 2.95. The number of ether oxygens (including phenoxy) is 1. The van der Waals surface area contributed by atoms with Crippen LogP contribution in [0.3, 0.4) is 0 Å². The number of phenols is 1. The van der Waals surface area contributed by atoms with Crippen molar-refractivity contribution in [2.24, 2.45) is 44.8 Å². The quantitative estimate of drug-likeness (QED) is 0.142. The first-order valence-electron chi connectivity index (χ1n) is 19.1. The Morgan fingerprint density at radius 1 is 0.764 bits per heavy atom. The third kappa shape index (κ3) is 16.6. The number of carbonyl (C=O) groups is 2. The molecule has 0 aliphatic heterocycles. The van der Waals surface area contributed by atoms with Crippen LogP contribution < -0.4 is 0 Å². The van der Waals surface area contributed by atoms with E-state index in [0.29, 0.717) is 35.3 Å². The lowest BCUT2D eigenvalue weighted by molar-refractivity contribution is -0.251. The largest absolute Gasteiger partial charge is 0.508 e. The molecule has 0 aliphatic carbocycles. The highest BCUT2D eigenvalue weighted by molar-refractivity contribution is 7.85. The van der Waals surface area contributed by atoms with E-state index in [1.165, 1.54) is 31.2 Å². The minimum absolute atomic E-state index is 0.299. The van der Waals surface area contributed by atoms with Gasteiger partial charge in [0.1, 0.15) is 18.1 Å². The molecular weight excluding hydrogens is 734 g/mol. The second-order valence-electron chi connectivity index (χ2n) is 19.7. The number of carbonyl (C=O) groups excluding carboxylic acids is 1. The predicted molar refractivity (Wildman–Crippen MR) is 217 cm³/mol.